The van der Waals surface area contributed by atoms with Crippen LogP contribution in [0.1, 0.15) is 33.6 Å². The Morgan fingerprint density at radius 1 is 1.11 bits per heavy atom. The van der Waals surface area contributed by atoms with Crippen LogP contribution in [-0.4, -0.2) is 58.4 Å². The smallest absolute Gasteiger partial charge is 0.181 e. The van der Waals surface area contributed by atoms with Crippen molar-refractivity contribution in [1.82, 2.24) is 0 Å². The zero-order valence-corrected chi connectivity index (χ0v) is 11.6. The maximum atomic E-state index is 9.86. The first-order chi connectivity index (χ1) is 8.93. The fraction of sp³-hybridized carbons (Fsp3) is 1.00. The second kappa shape index (κ2) is 6.03. The first-order valence-electron chi connectivity index (χ1n) is 6.94. The van der Waals surface area contributed by atoms with Crippen molar-refractivity contribution in [1.29, 1.82) is 0 Å². The topological polar surface area (TPSA) is 88.4 Å². The molecule has 6 heteroatoms. The van der Waals surface area contributed by atoms with E-state index in [0.29, 0.717) is 0 Å². The van der Waals surface area contributed by atoms with Crippen LogP contribution in [0.3, 0.4) is 0 Å². The standard InChI is InChI=1S/C13H24O6/c1-4-8-6(2)18-13(16)12(8)19-10-5-9(14)11(15)7(3)17-10/h6-16H,4-5H2,1-3H3/t6-,7+,8-,9+,10-,11-,12+,13?/m0/s1. The predicted molar refractivity (Wildman–Crippen MR) is 66.2 cm³/mol. The van der Waals surface area contributed by atoms with Crippen LogP contribution in [0.5, 0.6) is 0 Å². The Balaban J connectivity index is 1.97. The third kappa shape index (κ3) is 3.09. The molecule has 0 aromatic rings. The van der Waals surface area contributed by atoms with Gasteiger partial charge >= 0.3 is 0 Å². The highest BCUT2D eigenvalue weighted by Gasteiger charge is 2.44. The van der Waals surface area contributed by atoms with Crippen molar-refractivity contribution in [3.63, 3.8) is 0 Å². The van der Waals surface area contributed by atoms with Crippen LogP contribution in [-0.2, 0) is 14.2 Å². The summed E-state index contributed by atoms with van der Waals surface area (Å²) in [6.07, 6.45) is -3.36. The quantitative estimate of drug-likeness (QED) is 0.672. The van der Waals surface area contributed by atoms with Crippen molar-refractivity contribution in [3.8, 4) is 0 Å². The van der Waals surface area contributed by atoms with Gasteiger partial charge in [-0.05, 0) is 20.3 Å². The van der Waals surface area contributed by atoms with Crippen LogP contribution in [0, 0.1) is 5.92 Å². The summed E-state index contributed by atoms with van der Waals surface area (Å²) in [6, 6.07) is 0. The van der Waals surface area contributed by atoms with Crippen molar-refractivity contribution >= 4 is 0 Å². The Hall–Kier alpha value is -0.240. The van der Waals surface area contributed by atoms with Gasteiger partial charge in [-0.3, -0.25) is 0 Å². The molecule has 0 radical (unpaired) electrons. The summed E-state index contributed by atoms with van der Waals surface area (Å²) in [5.41, 5.74) is 0. The van der Waals surface area contributed by atoms with E-state index in [9.17, 15) is 15.3 Å². The van der Waals surface area contributed by atoms with Crippen molar-refractivity contribution in [2.75, 3.05) is 0 Å². The van der Waals surface area contributed by atoms with Gasteiger partial charge < -0.3 is 29.5 Å². The lowest BCUT2D eigenvalue weighted by atomic mass is 9.96. The van der Waals surface area contributed by atoms with Gasteiger partial charge in [0.15, 0.2) is 12.6 Å². The second-order valence-electron chi connectivity index (χ2n) is 5.47. The highest BCUT2D eigenvalue weighted by molar-refractivity contribution is 4.86. The van der Waals surface area contributed by atoms with E-state index in [1.807, 2.05) is 13.8 Å². The van der Waals surface area contributed by atoms with Gasteiger partial charge in [0, 0.05) is 12.3 Å². The molecule has 0 amide bonds. The molecule has 1 unspecified atom stereocenters. The average molecular weight is 276 g/mol. The Morgan fingerprint density at radius 3 is 2.37 bits per heavy atom. The fourth-order valence-electron chi connectivity index (χ4n) is 2.90. The lowest BCUT2D eigenvalue weighted by Crippen LogP contribution is -2.49. The van der Waals surface area contributed by atoms with Gasteiger partial charge in [-0.2, -0.15) is 0 Å². The van der Waals surface area contributed by atoms with Gasteiger partial charge in [0.1, 0.15) is 12.2 Å². The first-order valence-corrected chi connectivity index (χ1v) is 6.94. The molecule has 2 heterocycles. The van der Waals surface area contributed by atoms with Gasteiger partial charge in [0.2, 0.25) is 0 Å². The van der Waals surface area contributed by atoms with Crippen LogP contribution >= 0.6 is 0 Å². The van der Waals surface area contributed by atoms with E-state index in [0.717, 1.165) is 6.42 Å². The summed E-state index contributed by atoms with van der Waals surface area (Å²) >= 11 is 0. The first kappa shape index (κ1) is 15.2. The van der Waals surface area contributed by atoms with E-state index in [1.165, 1.54) is 0 Å². The maximum Gasteiger partial charge on any atom is 0.181 e. The molecule has 2 aliphatic heterocycles. The van der Waals surface area contributed by atoms with Crippen LogP contribution in [0.15, 0.2) is 0 Å². The molecule has 8 atom stereocenters. The van der Waals surface area contributed by atoms with E-state index in [1.54, 1.807) is 6.92 Å². The molecule has 0 aliphatic carbocycles. The number of ether oxygens (including phenoxy) is 3. The fourth-order valence-corrected chi connectivity index (χ4v) is 2.90. The van der Waals surface area contributed by atoms with E-state index in [2.05, 4.69) is 0 Å². The minimum atomic E-state index is -0.970. The lowest BCUT2D eigenvalue weighted by Gasteiger charge is -2.37. The van der Waals surface area contributed by atoms with Gasteiger partial charge in [-0.15, -0.1) is 0 Å². The molecule has 2 fully saturated rings. The van der Waals surface area contributed by atoms with E-state index < -0.39 is 37.0 Å². The van der Waals surface area contributed by atoms with Crippen LogP contribution in [0.4, 0.5) is 0 Å². The average Bonchev–Trinajstić information content (AvgIpc) is 2.60. The lowest BCUT2D eigenvalue weighted by molar-refractivity contribution is -0.278. The van der Waals surface area contributed by atoms with E-state index in [4.69, 9.17) is 14.2 Å². The Bertz CT molecular complexity index is 287. The monoisotopic (exact) mass is 276 g/mol. The zero-order chi connectivity index (χ0) is 14.2. The van der Waals surface area contributed by atoms with Crippen LogP contribution in [0.2, 0.25) is 0 Å². The molecule has 19 heavy (non-hydrogen) atoms. The Morgan fingerprint density at radius 2 is 1.79 bits per heavy atom. The summed E-state index contributed by atoms with van der Waals surface area (Å²) in [6.45, 7) is 5.61. The molecule has 3 N–H and O–H groups in total. The molecule has 0 saturated carbocycles. The molecular formula is C13H24O6. The number of hydrogen-bond donors (Lipinski definition) is 3. The molecule has 112 valence electrons. The van der Waals surface area contributed by atoms with Gasteiger partial charge in [0.05, 0.1) is 18.3 Å². The Labute approximate surface area is 113 Å². The molecule has 2 saturated heterocycles. The molecule has 6 nitrogen and oxygen atoms in total. The molecule has 0 aromatic heterocycles. The Kier molecular flexibility index (Phi) is 4.81. The highest BCUT2D eigenvalue weighted by atomic mass is 16.7. The summed E-state index contributed by atoms with van der Waals surface area (Å²) < 4.78 is 16.6. The second-order valence-corrected chi connectivity index (χ2v) is 5.47. The molecule has 0 spiro atoms. The van der Waals surface area contributed by atoms with Gasteiger partial charge in [-0.1, -0.05) is 6.92 Å². The molecular weight excluding hydrogens is 252 g/mol. The van der Waals surface area contributed by atoms with Crippen LogP contribution in [0.25, 0.3) is 0 Å². The normalized spacial score (nSPS) is 51.5. The minimum Gasteiger partial charge on any atom is -0.390 e. The summed E-state index contributed by atoms with van der Waals surface area (Å²) in [5, 5.41) is 29.2. The third-order valence-corrected chi connectivity index (χ3v) is 4.12. The zero-order valence-electron chi connectivity index (χ0n) is 11.6. The molecule has 0 aromatic carbocycles. The van der Waals surface area contributed by atoms with Crippen molar-refractivity contribution in [2.24, 2.45) is 5.92 Å². The summed E-state index contributed by atoms with van der Waals surface area (Å²) in [4.78, 5) is 0. The number of hydrogen-bond acceptors (Lipinski definition) is 6. The number of aliphatic hydroxyl groups is 3. The van der Waals surface area contributed by atoms with Gasteiger partial charge in [-0.25, -0.2) is 0 Å². The van der Waals surface area contributed by atoms with E-state index >= 15 is 0 Å². The minimum absolute atomic E-state index is 0.0680. The van der Waals surface area contributed by atoms with Crippen molar-refractivity contribution < 1.29 is 29.5 Å². The number of rotatable bonds is 3. The highest BCUT2D eigenvalue weighted by Crippen LogP contribution is 2.33. The molecule has 0 bridgehead atoms. The van der Waals surface area contributed by atoms with Crippen molar-refractivity contribution in [2.45, 2.75) is 76.7 Å². The molecule has 2 aliphatic rings. The summed E-state index contributed by atoms with van der Waals surface area (Å²) in [7, 11) is 0. The van der Waals surface area contributed by atoms with Crippen molar-refractivity contribution in [3.05, 3.63) is 0 Å². The molecule has 2 rings (SSSR count). The predicted octanol–water partition coefficient (Wildman–Crippen LogP) is -0.00840. The maximum absolute atomic E-state index is 9.86. The number of aliphatic hydroxyl groups excluding tert-OH is 3. The van der Waals surface area contributed by atoms with Crippen LogP contribution < -0.4 is 0 Å². The summed E-state index contributed by atoms with van der Waals surface area (Å²) in [5.74, 6) is 0.0953. The van der Waals surface area contributed by atoms with Gasteiger partial charge in [0.25, 0.3) is 0 Å². The largest absolute Gasteiger partial charge is 0.390 e. The third-order valence-electron chi connectivity index (χ3n) is 4.12. The SMILES string of the molecule is CC[C@H]1[C@H](C)OC(O)[C@@H]1O[C@H]1C[C@@H](O)[C@@H](O)[C@@H](C)O1. The van der Waals surface area contributed by atoms with E-state index in [-0.39, 0.29) is 18.4 Å².